The molecule has 6 nitrogen and oxygen atoms in total. The second kappa shape index (κ2) is 9.40. The van der Waals surface area contributed by atoms with Crippen LogP contribution in [0, 0.1) is 19.7 Å². The van der Waals surface area contributed by atoms with Crippen LogP contribution < -0.4 is 5.32 Å². The number of halogens is 1. The van der Waals surface area contributed by atoms with Crippen molar-refractivity contribution in [1.29, 1.82) is 0 Å². The lowest BCUT2D eigenvalue weighted by Gasteiger charge is -2.12. The van der Waals surface area contributed by atoms with Crippen LogP contribution in [0.3, 0.4) is 0 Å². The Balaban J connectivity index is 1.56. The van der Waals surface area contributed by atoms with E-state index in [-0.39, 0.29) is 17.5 Å². The third-order valence-corrected chi connectivity index (χ3v) is 6.32. The predicted molar refractivity (Wildman–Crippen MR) is 125 cm³/mol. The van der Waals surface area contributed by atoms with Crippen molar-refractivity contribution < 1.29 is 9.18 Å². The number of benzene rings is 2. The zero-order valence-electron chi connectivity index (χ0n) is 18.2. The first kappa shape index (κ1) is 21.8. The Kier molecular flexibility index (Phi) is 6.41. The SMILES string of the molecule is Cc1cccc(NC(=O)CSc2nnc(Cc3cccn3C)n2-c2ccc(F)cc2)c1C. The Morgan fingerprint density at radius 3 is 2.56 bits per heavy atom. The molecule has 0 fully saturated rings. The zero-order valence-corrected chi connectivity index (χ0v) is 19.0. The molecule has 0 saturated heterocycles. The standard InChI is InChI=1S/C24H24FN5OS/c1-16-6-4-8-21(17(16)2)26-23(31)15-32-24-28-27-22(14-20-7-5-13-29(20)3)30(24)19-11-9-18(25)10-12-19/h4-13H,14-15H2,1-3H3,(H,26,31). The number of carbonyl (C=O) groups is 1. The number of thioether (sulfide) groups is 1. The van der Waals surface area contributed by atoms with Gasteiger partial charge in [-0.25, -0.2) is 4.39 Å². The van der Waals surface area contributed by atoms with Crippen LogP contribution in [0.2, 0.25) is 0 Å². The molecule has 0 spiro atoms. The van der Waals surface area contributed by atoms with E-state index in [1.54, 1.807) is 12.1 Å². The van der Waals surface area contributed by atoms with Crippen molar-refractivity contribution in [3.8, 4) is 5.69 Å². The van der Waals surface area contributed by atoms with Gasteiger partial charge in [-0.05, 0) is 67.4 Å². The highest BCUT2D eigenvalue weighted by atomic mass is 32.2. The van der Waals surface area contributed by atoms with Crippen LogP contribution in [0.1, 0.15) is 22.6 Å². The molecule has 0 unspecified atom stereocenters. The number of aryl methyl sites for hydroxylation is 2. The fraction of sp³-hybridized carbons (Fsp3) is 0.208. The van der Waals surface area contributed by atoms with E-state index in [0.717, 1.165) is 34.0 Å². The molecular weight excluding hydrogens is 425 g/mol. The number of hydrogen-bond donors (Lipinski definition) is 1. The van der Waals surface area contributed by atoms with E-state index in [4.69, 9.17) is 0 Å². The van der Waals surface area contributed by atoms with Gasteiger partial charge in [0.2, 0.25) is 5.91 Å². The molecule has 1 amide bonds. The molecular formula is C24H24FN5OS. The molecule has 0 atom stereocenters. The summed E-state index contributed by atoms with van der Waals surface area (Å²) in [5.74, 6) is 0.460. The van der Waals surface area contributed by atoms with E-state index < -0.39 is 0 Å². The zero-order chi connectivity index (χ0) is 22.7. The second-order valence-electron chi connectivity index (χ2n) is 7.58. The van der Waals surface area contributed by atoms with Crippen LogP contribution in [0.25, 0.3) is 5.69 Å². The van der Waals surface area contributed by atoms with Crippen molar-refractivity contribution >= 4 is 23.4 Å². The molecule has 0 radical (unpaired) electrons. The maximum atomic E-state index is 13.5. The highest BCUT2D eigenvalue weighted by molar-refractivity contribution is 7.99. The minimum absolute atomic E-state index is 0.124. The molecule has 0 saturated carbocycles. The van der Waals surface area contributed by atoms with Gasteiger partial charge >= 0.3 is 0 Å². The lowest BCUT2D eigenvalue weighted by Crippen LogP contribution is -2.15. The third-order valence-electron chi connectivity index (χ3n) is 5.39. The summed E-state index contributed by atoms with van der Waals surface area (Å²) in [6.07, 6.45) is 2.53. The molecule has 8 heteroatoms. The summed E-state index contributed by atoms with van der Waals surface area (Å²) in [6.45, 7) is 4.00. The van der Waals surface area contributed by atoms with Gasteiger partial charge in [0.25, 0.3) is 0 Å². The largest absolute Gasteiger partial charge is 0.354 e. The summed E-state index contributed by atoms with van der Waals surface area (Å²) in [6, 6.07) is 16.0. The van der Waals surface area contributed by atoms with Gasteiger partial charge in [0.1, 0.15) is 11.6 Å². The van der Waals surface area contributed by atoms with E-state index in [2.05, 4.69) is 15.5 Å². The van der Waals surface area contributed by atoms with Crippen molar-refractivity contribution in [2.45, 2.75) is 25.4 Å². The minimum atomic E-state index is -0.312. The van der Waals surface area contributed by atoms with Gasteiger partial charge in [-0.1, -0.05) is 23.9 Å². The Bertz CT molecular complexity index is 1250. The average Bonchev–Trinajstić information content (AvgIpc) is 3.37. The van der Waals surface area contributed by atoms with E-state index in [9.17, 15) is 9.18 Å². The smallest absolute Gasteiger partial charge is 0.234 e. The van der Waals surface area contributed by atoms with Gasteiger partial charge in [0.15, 0.2) is 5.16 Å². The molecule has 2 aromatic heterocycles. The van der Waals surface area contributed by atoms with Gasteiger partial charge < -0.3 is 9.88 Å². The molecule has 32 heavy (non-hydrogen) atoms. The highest BCUT2D eigenvalue weighted by Gasteiger charge is 2.17. The van der Waals surface area contributed by atoms with Gasteiger partial charge in [-0.3, -0.25) is 9.36 Å². The van der Waals surface area contributed by atoms with Crippen LogP contribution in [0.5, 0.6) is 0 Å². The minimum Gasteiger partial charge on any atom is -0.354 e. The molecule has 0 aliphatic rings. The quantitative estimate of drug-likeness (QED) is 0.416. The van der Waals surface area contributed by atoms with Gasteiger partial charge in [-0.15, -0.1) is 10.2 Å². The molecule has 4 rings (SSSR count). The van der Waals surface area contributed by atoms with Crippen LogP contribution in [-0.4, -0.2) is 31.0 Å². The van der Waals surface area contributed by atoms with Crippen molar-refractivity contribution in [1.82, 2.24) is 19.3 Å². The highest BCUT2D eigenvalue weighted by Crippen LogP contribution is 2.25. The van der Waals surface area contributed by atoms with Crippen molar-refractivity contribution in [2.75, 3.05) is 11.1 Å². The Labute approximate surface area is 190 Å². The van der Waals surface area contributed by atoms with E-state index in [0.29, 0.717) is 11.6 Å². The van der Waals surface area contributed by atoms with Gasteiger partial charge in [0.05, 0.1) is 5.75 Å². The lowest BCUT2D eigenvalue weighted by molar-refractivity contribution is -0.113. The van der Waals surface area contributed by atoms with E-state index in [1.807, 2.05) is 66.6 Å². The summed E-state index contributed by atoms with van der Waals surface area (Å²) in [5.41, 5.74) is 4.80. The summed E-state index contributed by atoms with van der Waals surface area (Å²) in [4.78, 5) is 12.6. The maximum absolute atomic E-state index is 13.5. The first-order chi connectivity index (χ1) is 15.4. The lowest BCUT2D eigenvalue weighted by atomic mass is 10.1. The fourth-order valence-electron chi connectivity index (χ4n) is 3.40. The Morgan fingerprint density at radius 2 is 1.84 bits per heavy atom. The predicted octanol–water partition coefficient (Wildman–Crippen LogP) is 4.68. The molecule has 1 N–H and O–H groups in total. The van der Waals surface area contributed by atoms with Crippen molar-refractivity contribution in [3.63, 3.8) is 0 Å². The van der Waals surface area contributed by atoms with Crippen molar-refractivity contribution in [2.24, 2.45) is 7.05 Å². The van der Waals surface area contributed by atoms with Gasteiger partial charge in [-0.2, -0.15) is 0 Å². The summed E-state index contributed by atoms with van der Waals surface area (Å²) < 4.78 is 17.4. The fourth-order valence-corrected chi connectivity index (χ4v) is 4.17. The summed E-state index contributed by atoms with van der Waals surface area (Å²) in [5, 5.41) is 12.2. The molecule has 2 aromatic carbocycles. The first-order valence-electron chi connectivity index (χ1n) is 10.2. The van der Waals surface area contributed by atoms with Gasteiger partial charge in [0, 0.05) is 36.7 Å². The number of amides is 1. The van der Waals surface area contributed by atoms with E-state index in [1.165, 1.54) is 23.9 Å². The first-order valence-corrected chi connectivity index (χ1v) is 11.2. The normalized spacial score (nSPS) is 11.0. The summed E-state index contributed by atoms with van der Waals surface area (Å²) in [7, 11) is 1.97. The molecule has 4 aromatic rings. The molecule has 0 aliphatic heterocycles. The topological polar surface area (TPSA) is 64.7 Å². The Morgan fingerprint density at radius 1 is 1.06 bits per heavy atom. The maximum Gasteiger partial charge on any atom is 0.234 e. The van der Waals surface area contributed by atoms with E-state index >= 15 is 0 Å². The number of hydrogen-bond acceptors (Lipinski definition) is 4. The number of aromatic nitrogens is 4. The number of carbonyl (C=O) groups excluding carboxylic acids is 1. The molecule has 0 bridgehead atoms. The number of nitrogens with zero attached hydrogens (tertiary/aromatic N) is 4. The summed E-state index contributed by atoms with van der Waals surface area (Å²) >= 11 is 1.30. The molecule has 2 heterocycles. The monoisotopic (exact) mass is 449 g/mol. The van der Waals surface area contributed by atoms with Crippen molar-refractivity contribution in [3.05, 3.63) is 89.3 Å². The third kappa shape index (κ3) is 4.75. The Hall–Kier alpha value is -3.39. The average molecular weight is 450 g/mol. The number of nitrogens with one attached hydrogen (secondary N) is 1. The number of anilines is 1. The molecule has 164 valence electrons. The number of rotatable bonds is 7. The second-order valence-corrected chi connectivity index (χ2v) is 8.52. The molecule has 0 aliphatic carbocycles. The van der Waals surface area contributed by atoms with Crippen LogP contribution in [0.15, 0.2) is 66.0 Å². The van der Waals surface area contributed by atoms with Crippen LogP contribution in [0.4, 0.5) is 10.1 Å². The van der Waals surface area contributed by atoms with Crippen LogP contribution in [-0.2, 0) is 18.3 Å². The van der Waals surface area contributed by atoms with Crippen LogP contribution >= 0.6 is 11.8 Å².